The molecule has 0 saturated carbocycles. The van der Waals surface area contributed by atoms with Crippen LogP contribution in [0.2, 0.25) is 0 Å². The summed E-state index contributed by atoms with van der Waals surface area (Å²) in [5, 5.41) is 0. The van der Waals surface area contributed by atoms with Crippen molar-refractivity contribution < 1.29 is 14.3 Å². The number of aldehydes is 1. The molecule has 3 nitrogen and oxygen atoms in total. The van der Waals surface area contributed by atoms with Gasteiger partial charge in [0.15, 0.2) is 17.8 Å². The van der Waals surface area contributed by atoms with Crippen molar-refractivity contribution in [3.8, 4) is 11.5 Å². The highest BCUT2D eigenvalue weighted by Crippen LogP contribution is 2.31. The summed E-state index contributed by atoms with van der Waals surface area (Å²) in [6.07, 6.45) is 1.73. The fourth-order valence-corrected chi connectivity index (χ4v) is 1.20. The number of hydrogen-bond donors (Lipinski definition) is 0. The van der Waals surface area contributed by atoms with E-state index >= 15 is 0 Å². The quantitative estimate of drug-likeness (QED) is 0.698. The van der Waals surface area contributed by atoms with Gasteiger partial charge in [-0.15, -0.1) is 0 Å². The molecule has 0 spiro atoms. The van der Waals surface area contributed by atoms with Crippen molar-refractivity contribution >= 4 is 6.29 Å². The standard InChI is InChI=1S/C12H16O3/c1-4-9(2)15-12-10(8-13)6-5-7-11(12)14-3/h5-9H,4H2,1-3H3/t9-/m1/s1. The fraction of sp³-hybridized carbons (Fsp3) is 0.417. The van der Waals surface area contributed by atoms with Crippen molar-refractivity contribution in [1.29, 1.82) is 0 Å². The van der Waals surface area contributed by atoms with Gasteiger partial charge in [0, 0.05) is 0 Å². The smallest absolute Gasteiger partial charge is 0.172 e. The molecule has 1 aromatic carbocycles. The van der Waals surface area contributed by atoms with Crippen molar-refractivity contribution in [2.45, 2.75) is 26.4 Å². The topological polar surface area (TPSA) is 35.5 Å². The molecular formula is C12H16O3. The van der Waals surface area contributed by atoms with E-state index in [0.717, 1.165) is 12.7 Å². The molecule has 0 saturated heterocycles. The number of carbonyl (C=O) groups excluding carboxylic acids is 1. The number of methoxy groups -OCH3 is 1. The lowest BCUT2D eigenvalue weighted by atomic mass is 10.2. The summed E-state index contributed by atoms with van der Waals surface area (Å²) >= 11 is 0. The van der Waals surface area contributed by atoms with E-state index in [1.165, 1.54) is 0 Å². The van der Waals surface area contributed by atoms with Gasteiger partial charge in [-0.2, -0.15) is 0 Å². The fourth-order valence-electron chi connectivity index (χ4n) is 1.20. The van der Waals surface area contributed by atoms with Crippen LogP contribution in [0.15, 0.2) is 18.2 Å². The van der Waals surface area contributed by atoms with E-state index in [-0.39, 0.29) is 6.10 Å². The average Bonchev–Trinajstić information content (AvgIpc) is 2.29. The molecule has 1 atom stereocenters. The molecule has 0 aromatic heterocycles. The van der Waals surface area contributed by atoms with Crippen molar-refractivity contribution in [2.75, 3.05) is 7.11 Å². The maximum atomic E-state index is 10.8. The normalized spacial score (nSPS) is 11.9. The van der Waals surface area contributed by atoms with Crippen LogP contribution in [0.4, 0.5) is 0 Å². The molecule has 1 rings (SSSR count). The van der Waals surface area contributed by atoms with Crippen LogP contribution in [-0.4, -0.2) is 19.5 Å². The molecule has 3 heteroatoms. The van der Waals surface area contributed by atoms with Crippen molar-refractivity contribution in [1.82, 2.24) is 0 Å². The third-order valence-corrected chi connectivity index (χ3v) is 2.25. The molecule has 82 valence electrons. The van der Waals surface area contributed by atoms with Crippen LogP contribution in [0.3, 0.4) is 0 Å². The van der Waals surface area contributed by atoms with Gasteiger partial charge in [-0.25, -0.2) is 0 Å². The first-order valence-electron chi connectivity index (χ1n) is 5.01. The van der Waals surface area contributed by atoms with Gasteiger partial charge in [0.2, 0.25) is 0 Å². The van der Waals surface area contributed by atoms with Gasteiger partial charge >= 0.3 is 0 Å². The number of para-hydroxylation sites is 1. The van der Waals surface area contributed by atoms with Gasteiger partial charge in [0.05, 0.1) is 18.8 Å². The Labute approximate surface area is 90.0 Å². The van der Waals surface area contributed by atoms with Crippen LogP contribution >= 0.6 is 0 Å². The Hall–Kier alpha value is -1.51. The molecule has 1 aromatic rings. The Balaban J connectivity index is 3.04. The molecule has 0 aliphatic carbocycles. The number of benzene rings is 1. The van der Waals surface area contributed by atoms with Gasteiger partial charge < -0.3 is 9.47 Å². The van der Waals surface area contributed by atoms with Crippen LogP contribution in [-0.2, 0) is 0 Å². The molecule has 0 unspecified atom stereocenters. The van der Waals surface area contributed by atoms with E-state index in [0.29, 0.717) is 17.1 Å². The van der Waals surface area contributed by atoms with Crippen LogP contribution in [0.25, 0.3) is 0 Å². The molecule has 0 radical (unpaired) electrons. The molecule has 0 bridgehead atoms. The Bertz CT molecular complexity index is 334. The number of ether oxygens (including phenoxy) is 2. The van der Waals surface area contributed by atoms with Gasteiger partial charge in [0.25, 0.3) is 0 Å². The SMILES string of the molecule is CC[C@@H](C)Oc1c(C=O)cccc1OC. The maximum Gasteiger partial charge on any atom is 0.172 e. The summed E-state index contributed by atoms with van der Waals surface area (Å²) in [7, 11) is 1.56. The number of hydrogen-bond acceptors (Lipinski definition) is 3. The summed E-state index contributed by atoms with van der Waals surface area (Å²) in [6, 6.07) is 5.27. The summed E-state index contributed by atoms with van der Waals surface area (Å²) < 4.78 is 10.8. The predicted molar refractivity (Wildman–Crippen MR) is 58.8 cm³/mol. The van der Waals surface area contributed by atoms with Gasteiger partial charge in [0.1, 0.15) is 0 Å². The second-order valence-electron chi connectivity index (χ2n) is 3.33. The summed E-state index contributed by atoms with van der Waals surface area (Å²) in [4.78, 5) is 10.8. The zero-order chi connectivity index (χ0) is 11.3. The Morgan fingerprint density at radius 2 is 2.20 bits per heavy atom. The Morgan fingerprint density at radius 3 is 2.73 bits per heavy atom. The lowest BCUT2D eigenvalue weighted by Gasteiger charge is -2.16. The maximum absolute atomic E-state index is 10.8. The van der Waals surface area contributed by atoms with E-state index in [1.807, 2.05) is 13.8 Å². The Morgan fingerprint density at radius 1 is 1.47 bits per heavy atom. The van der Waals surface area contributed by atoms with Crippen LogP contribution in [0.1, 0.15) is 30.6 Å². The summed E-state index contributed by atoms with van der Waals surface area (Å²) in [6.45, 7) is 3.99. The summed E-state index contributed by atoms with van der Waals surface area (Å²) in [5.41, 5.74) is 0.523. The number of rotatable bonds is 5. The first-order valence-corrected chi connectivity index (χ1v) is 5.01. The minimum Gasteiger partial charge on any atom is -0.493 e. The van der Waals surface area contributed by atoms with Crippen molar-refractivity contribution in [2.24, 2.45) is 0 Å². The zero-order valence-corrected chi connectivity index (χ0v) is 9.32. The third kappa shape index (κ3) is 2.72. The van der Waals surface area contributed by atoms with Gasteiger partial charge in [-0.05, 0) is 25.5 Å². The van der Waals surface area contributed by atoms with E-state index in [1.54, 1.807) is 25.3 Å². The monoisotopic (exact) mass is 208 g/mol. The second kappa shape index (κ2) is 5.39. The lowest BCUT2D eigenvalue weighted by Crippen LogP contribution is -2.11. The summed E-state index contributed by atoms with van der Waals surface area (Å²) in [5.74, 6) is 1.13. The minimum absolute atomic E-state index is 0.0694. The highest BCUT2D eigenvalue weighted by Gasteiger charge is 2.12. The third-order valence-electron chi connectivity index (χ3n) is 2.25. The highest BCUT2D eigenvalue weighted by atomic mass is 16.5. The van der Waals surface area contributed by atoms with Crippen LogP contribution in [0.5, 0.6) is 11.5 Å². The van der Waals surface area contributed by atoms with E-state index < -0.39 is 0 Å². The van der Waals surface area contributed by atoms with Gasteiger partial charge in [-0.1, -0.05) is 13.0 Å². The lowest BCUT2D eigenvalue weighted by molar-refractivity contribution is 0.111. The van der Waals surface area contributed by atoms with Crippen LogP contribution < -0.4 is 9.47 Å². The largest absolute Gasteiger partial charge is 0.493 e. The molecule has 15 heavy (non-hydrogen) atoms. The van der Waals surface area contributed by atoms with Crippen molar-refractivity contribution in [3.05, 3.63) is 23.8 Å². The minimum atomic E-state index is 0.0694. The molecule has 0 fully saturated rings. The molecule has 0 N–H and O–H groups in total. The van der Waals surface area contributed by atoms with E-state index in [9.17, 15) is 4.79 Å². The predicted octanol–water partition coefficient (Wildman–Crippen LogP) is 2.69. The van der Waals surface area contributed by atoms with Crippen molar-refractivity contribution in [3.63, 3.8) is 0 Å². The molecule has 0 aliphatic rings. The second-order valence-corrected chi connectivity index (χ2v) is 3.33. The molecule has 0 amide bonds. The Kier molecular flexibility index (Phi) is 4.16. The number of carbonyl (C=O) groups is 1. The average molecular weight is 208 g/mol. The first kappa shape index (κ1) is 11.6. The van der Waals surface area contributed by atoms with Gasteiger partial charge in [-0.3, -0.25) is 4.79 Å². The molecule has 0 aliphatic heterocycles. The first-order chi connectivity index (χ1) is 7.22. The van der Waals surface area contributed by atoms with Crippen LogP contribution in [0, 0.1) is 0 Å². The molecule has 0 heterocycles. The van der Waals surface area contributed by atoms with E-state index in [4.69, 9.17) is 9.47 Å². The highest BCUT2D eigenvalue weighted by molar-refractivity contribution is 5.81. The zero-order valence-electron chi connectivity index (χ0n) is 9.32. The van der Waals surface area contributed by atoms with E-state index in [2.05, 4.69) is 0 Å². The molecular weight excluding hydrogens is 192 g/mol.